The first-order valence-corrected chi connectivity index (χ1v) is 10.3. The summed E-state index contributed by atoms with van der Waals surface area (Å²) in [5.41, 5.74) is 0. The van der Waals surface area contributed by atoms with E-state index in [-0.39, 0.29) is 41.7 Å². The van der Waals surface area contributed by atoms with Crippen LogP contribution in [0.25, 0.3) is 0 Å². The van der Waals surface area contributed by atoms with Gasteiger partial charge in [0.05, 0.1) is 13.1 Å². The van der Waals surface area contributed by atoms with E-state index in [0.29, 0.717) is 19.6 Å². The molecule has 28 heavy (non-hydrogen) atoms. The van der Waals surface area contributed by atoms with Crippen molar-refractivity contribution in [2.45, 2.75) is 33.6 Å². The quantitative estimate of drug-likeness (QED) is 0.228. The molecule has 0 aromatic heterocycles. The number of halogens is 1. The van der Waals surface area contributed by atoms with Gasteiger partial charge in [-0.15, -0.1) is 24.0 Å². The van der Waals surface area contributed by atoms with Crippen LogP contribution in [0.2, 0.25) is 0 Å². The summed E-state index contributed by atoms with van der Waals surface area (Å²) in [5, 5.41) is 6.23. The number of guanidine groups is 1. The van der Waals surface area contributed by atoms with Crippen LogP contribution in [0.4, 0.5) is 0 Å². The summed E-state index contributed by atoms with van der Waals surface area (Å²) in [6.45, 7) is 13.6. The predicted molar refractivity (Wildman–Crippen MR) is 123 cm³/mol. The van der Waals surface area contributed by atoms with Gasteiger partial charge in [0.1, 0.15) is 0 Å². The van der Waals surface area contributed by atoms with Crippen molar-refractivity contribution < 1.29 is 9.59 Å². The molecule has 0 unspecified atom stereocenters. The van der Waals surface area contributed by atoms with E-state index >= 15 is 0 Å². The molecule has 0 saturated carbocycles. The van der Waals surface area contributed by atoms with E-state index < -0.39 is 0 Å². The van der Waals surface area contributed by atoms with Crippen molar-refractivity contribution in [3.8, 4) is 0 Å². The molecule has 2 aliphatic heterocycles. The van der Waals surface area contributed by atoms with E-state index in [0.717, 1.165) is 64.6 Å². The molecule has 8 nitrogen and oxygen atoms in total. The van der Waals surface area contributed by atoms with Crippen molar-refractivity contribution >= 4 is 41.8 Å². The van der Waals surface area contributed by atoms with Crippen molar-refractivity contribution in [1.82, 2.24) is 25.3 Å². The van der Waals surface area contributed by atoms with Gasteiger partial charge in [-0.25, -0.2) is 0 Å². The highest BCUT2D eigenvalue weighted by molar-refractivity contribution is 14.0. The Labute approximate surface area is 186 Å². The number of amides is 2. The number of rotatable bonds is 7. The van der Waals surface area contributed by atoms with Crippen molar-refractivity contribution in [2.75, 3.05) is 65.4 Å². The number of carbonyl (C=O) groups is 2. The van der Waals surface area contributed by atoms with Gasteiger partial charge in [-0.3, -0.25) is 19.5 Å². The number of nitrogens with one attached hydrogen (secondary N) is 2. The molecule has 0 aliphatic carbocycles. The smallest absolute Gasteiger partial charge is 0.236 e. The number of nitrogens with zero attached hydrogens (tertiary/aromatic N) is 4. The third-order valence-corrected chi connectivity index (χ3v) is 5.02. The Morgan fingerprint density at radius 3 is 2.18 bits per heavy atom. The van der Waals surface area contributed by atoms with Gasteiger partial charge in [0, 0.05) is 58.3 Å². The van der Waals surface area contributed by atoms with Crippen molar-refractivity contribution in [3.63, 3.8) is 0 Å². The molecule has 2 saturated heterocycles. The Morgan fingerprint density at radius 2 is 1.61 bits per heavy atom. The maximum Gasteiger partial charge on any atom is 0.236 e. The van der Waals surface area contributed by atoms with Gasteiger partial charge in [0.2, 0.25) is 11.8 Å². The Balaban J connectivity index is 0.00000392. The lowest BCUT2D eigenvalue weighted by Gasteiger charge is -2.36. The van der Waals surface area contributed by atoms with Crippen molar-refractivity contribution in [1.29, 1.82) is 0 Å². The average molecular weight is 508 g/mol. The van der Waals surface area contributed by atoms with Gasteiger partial charge < -0.3 is 20.4 Å². The Kier molecular flexibility index (Phi) is 11.7. The molecule has 0 aromatic carbocycles. The number of hydrogen-bond donors (Lipinski definition) is 2. The zero-order valence-corrected chi connectivity index (χ0v) is 19.9. The molecular formula is C19H37IN6O2. The normalized spacial score (nSPS) is 18.2. The molecule has 2 heterocycles. The molecule has 0 aromatic rings. The van der Waals surface area contributed by atoms with Crippen LogP contribution < -0.4 is 10.6 Å². The second-order valence-electron chi connectivity index (χ2n) is 7.53. The first-order chi connectivity index (χ1) is 13.0. The Morgan fingerprint density at radius 1 is 0.964 bits per heavy atom. The lowest BCUT2D eigenvalue weighted by Crippen LogP contribution is -2.54. The van der Waals surface area contributed by atoms with Gasteiger partial charge in [-0.05, 0) is 19.8 Å². The van der Waals surface area contributed by atoms with E-state index in [9.17, 15) is 9.59 Å². The number of hydrogen-bond acceptors (Lipinski definition) is 4. The Hall–Kier alpha value is -1.10. The molecule has 9 heteroatoms. The highest BCUT2D eigenvalue weighted by atomic mass is 127. The fraction of sp³-hybridized carbons (Fsp3) is 0.842. The van der Waals surface area contributed by atoms with E-state index in [2.05, 4.69) is 32.3 Å². The fourth-order valence-electron chi connectivity index (χ4n) is 3.35. The maximum absolute atomic E-state index is 12.3. The van der Waals surface area contributed by atoms with Gasteiger partial charge in [-0.1, -0.05) is 13.8 Å². The molecule has 2 rings (SSSR count). The van der Waals surface area contributed by atoms with Crippen LogP contribution in [0.3, 0.4) is 0 Å². The molecule has 0 radical (unpaired) electrons. The summed E-state index contributed by atoms with van der Waals surface area (Å²) in [4.78, 5) is 35.0. The first-order valence-electron chi connectivity index (χ1n) is 10.3. The summed E-state index contributed by atoms with van der Waals surface area (Å²) in [6.07, 6.45) is 2.28. The molecule has 2 N–H and O–H groups in total. The number of likely N-dealkylation sites (tertiary alicyclic amines) is 1. The lowest BCUT2D eigenvalue weighted by atomic mass is 10.2. The minimum absolute atomic E-state index is 0. The molecule has 162 valence electrons. The number of piperazine rings is 1. The highest BCUT2D eigenvalue weighted by Crippen LogP contribution is 2.09. The topological polar surface area (TPSA) is 80.3 Å². The Bertz CT molecular complexity index is 515. The molecule has 0 bridgehead atoms. The van der Waals surface area contributed by atoms with E-state index in [4.69, 9.17) is 0 Å². The van der Waals surface area contributed by atoms with Crippen molar-refractivity contribution in [2.24, 2.45) is 10.9 Å². The molecule has 2 aliphatic rings. The molecule has 2 amide bonds. The second kappa shape index (κ2) is 13.2. The van der Waals surface area contributed by atoms with Crippen LogP contribution in [0.15, 0.2) is 4.99 Å². The third-order valence-electron chi connectivity index (χ3n) is 5.02. The summed E-state index contributed by atoms with van der Waals surface area (Å²) in [5.74, 6) is 1.22. The standard InChI is InChI=1S/C19H36N6O2.HI/c1-4-20-19(22-8-7-21-18(27)16(2)3)25-13-11-23(12-14-25)15-17(26)24-9-5-6-10-24;/h16H,4-15H2,1-3H3,(H,20,22)(H,21,27);1H. The van der Waals surface area contributed by atoms with Crippen LogP contribution in [0.1, 0.15) is 33.6 Å². The van der Waals surface area contributed by atoms with Crippen LogP contribution in [0, 0.1) is 5.92 Å². The van der Waals surface area contributed by atoms with Gasteiger partial charge in [0.25, 0.3) is 0 Å². The van der Waals surface area contributed by atoms with Crippen LogP contribution in [0.5, 0.6) is 0 Å². The zero-order chi connectivity index (χ0) is 19.6. The molecule has 0 atom stereocenters. The largest absolute Gasteiger partial charge is 0.357 e. The van der Waals surface area contributed by atoms with Crippen LogP contribution >= 0.6 is 24.0 Å². The van der Waals surface area contributed by atoms with E-state index in [1.165, 1.54) is 0 Å². The minimum atomic E-state index is -0.00133. The van der Waals surface area contributed by atoms with Gasteiger partial charge >= 0.3 is 0 Å². The predicted octanol–water partition coefficient (Wildman–Crippen LogP) is 0.582. The number of aliphatic imine (C=N–C) groups is 1. The average Bonchev–Trinajstić information content (AvgIpc) is 3.19. The van der Waals surface area contributed by atoms with Crippen LogP contribution in [-0.4, -0.2) is 97.9 Å². The first kappa shape index (κ1) is 24.9. The fourth-order valence-corrected chi connectivity index (χ4v) is 3.35. The van der Waals surface area contributed by atoms with Crippen LogP contribution in [-0.2, 0) is 9.59 Å². The zero-order valence-electron chi connectivity index (χ0n) is 17.6. The SMILES string of the molecule is CCNC(=NCCNC(=O)C(C)C)N1CCN(CC(=O)N2CCCC2)CC1.I. The van der Waals surface area contributed by atoms with E-state index in [1.54, 1.807) is 0 Å². The third kappa shape index (κ3) is 8.10. The van der Waals surface area contributed by atoms with Crippen molar-refractivity contribution in [3.05, 3.63) is 0 Å². The monoisotopic (exact) mass is 508 g/mol. The number of carbonyl (C=O) groups excluding carboxylic acids is 2. The maximum atomic E-state index is 12.3. The highest BCUT2D eigenvalue weighted by Gasteiger charge is 2.24. The molecule has 2 fully saturated rings. The molecular weight excluding hydrogens is 471 g/mol. The summed E-state index contributed by atoms with van der Waals surface area (Å²) >= 11 is 0. The second-order valence-corrected chi connectivity index (χ2v) is 7.53. The summed E-state index contributed by atoms with van der Waals surface area (Å²) in [7, 11) is 0. The minimum Gasteiger partial charge on any atom is -0.357 e. The summed E-state index contributed by atoms with van der Waals surface area (Å²) in [6, 6.07) is 0. The van der Waals surface area contributed by atoms with Gasteiger partial charge in [-0.2, -0.15) is 0 Å². The van der Waals surface area contributed by atoms with Gasteiger partial charge in [0.15, 0.2) is 5.96 Å². The van der Waals surface area contributed by atoms with E-state index in [1.807, 2.05) is 18.7 Å². The molecule has 0 spiro atoms. The summed E-state index contributed by atoms with van der Waals surface area (Å²) < 4.78 is 0. The lowest BCUT2D eigenvalue weighted by molar-refractivity contribution is -0.131.